The van der Waals surface area contributed by atoms with Gasteiger partial charge in [0.15, 0.2) is 0 Å². The number of nitrogens with one attached hydrogen (secondary N) is 1. The third-order valence-electron chi connectivity index (χ3n) is 5.37. The van der Waals surface area contributed by atoms with Crippen molar-refractivity contribution in [2.45, 2.75) is 45.6 Å². The Bertz CT molecular complexity index is 558. The van der Waals surface area contributed by atoms with Crippen LogP contribution < -0.4 is 15.8 Å². The molecule has 4 heteroatoms. The first-order valence-electron chi connectivity index (χ1n) is 8.41. The number of benzene rings is 1. The van der Waals surface area contributed by atoms with Crippen molar-refractivity contribution in [1.82, 2.24) is 5.32 Å². The van der Waals surface area contributed by atoms with E-state index in [1.807, 2.05) is 6.92 Å². The number of hydrogen-bond donors (Lipinski definition) is 2. The van der Waals surface area contributed by atoms with Crippen LogP contribution in [0.1, 0.15) is 49.9 Å². The van der Waals surface area contributed by atoms with Crippen LogP contribution in [0.4, 0.5) is 5.69 Å². The quantitative estimate of drug-likeness (QED) is 0.821. The number of carbonyl (C=O) groups excluding carboxylic acids is 1. The second-order valence-corrected chi connectivity index (χ2v) is 6.79. The van der Waals surface area contributed by atoms with Gasteiger partial charge in [0.05, 0.1) is 12.3 Å². The fraction of sp³-hybridized carbons (Fsp3) is 0.611. The molecule has 22 heavy (non-hydrogen) atoms. The normalized spacial score (nSPS) is 27.6. The lowest BCUT2D eigenvalue weighted by Crippen LogP contribution is -2.40. The minimum atomic E-state index is -0.0370. The summed E-state index contributed by atoms with van der Waals surface area (Å²) >= 11 is 0. The largest absolute Gasteiger partial charge is 0.492 e. The van der Waals surface area contributed by atoms with Crippen LogP contribution in [0.25, 0.3) is 0 Å². The lowest BCUT2D eigenvalue weighted by molar-refractivity contribution is 0.0915. The zero-order valence-corrected chi connectivity index (χ0v) is 13.5. The fourth-order valence-corrected chi connectivity index (χ4v) is 4.28. The van der Waals surface area contributed by atoms with Gasteiger partial charge in [-0.25, -0.2) is 0 Å². The number of anilines is 1. The lowest BCUT2D eigenvalue weighted by Gasteiger charge is -2.28. The van der Waals surface area contributed by atoms with Crippen molar-refractivity contribution >= 4 is 11.6 Å². The monoisotopic (exact) mass is 302 g/mol. The van der Waals surface area contributed by atoms with Gasteiger partial charge in [0, 0.05) is 11.6 Å². The Morgan fingerprint density at radius 2 is 2.23 bits per heavy atom. The van der Waals surface area contributed by atoms with E-state index < -0.39 is 0 Å². The number of hydrogen-bond acceptors (Lipinski definition) is 3. The van der Waals surface area contributed by atoms with Gasteiger partial charge in [-0.15, -0.1) is 0 Å². The summed E-state index contributed by atoms with van der Waals surface area (Å²) in [6.45, 7) is 4.62. The Balaban J connectivity index is 1.63. The Kier molecular flexibility index (Phi) is 4.27. The summed E-state index contributed by atoms with van der Waals surface area (Å²) in [7, 11) is 0. The average molecular weight is 302 g/mol. The third-order valence-corrected chi connectivity index (χ3v) is 5.37. The molecule has 2 aliphatic rings. The Hall–Kier alpha value is -1.71. The molecule has 2 fully saturated rings. The van der Waals surface area contributed by atoms with Gasteiger partial charge < -0.3 is 15.8 Å². The number of nitrogen functional groups attached to an aromatic ring is 1. The number of nitrogens with two attached hydrogens (primary N) is 1. The number of fused-ring (bicyclic) bond motifs is 2. The van der Waals surface area contributed by atoms with E-state index in [-0.39, 0.29) is 11.9 Å². The predicted octanol–water partition coefficient (Wildman–Crippen LogP) is 3.22. The summed E-state index contributed by atoms with van der Waals surface area (Å²) in [6, 6.07) is 5.49. The van der Waals surface area contributed by atoms with E-state index in [0.29, 0.717) is 29.5 Å². The van der Waals surface area contributed by atoms with Gasteiger partial charge in [-0.1, -0.05) is 6.42 Å². The van der Waals surface area contributed by atoms with E-state index in [1.54, 1.807) is 18.2 Å². The highest BCUT2D eigenvalue weighted by Crippen LogP contribution is 2.49. The highest BCUT2D eigenvalue weighted by atomic mass is 16.5. The smallest absolute Gasteiger partial charge is 0.251 e. The molecule has 4 unspecified atom stereocenters. The van der Waals surface area contributed by atoms with Gasteiger partial charge in [-0.2, -0.15) is 0 Å². The molecule has 120 valence electrons. The molecule has 0 aromatic heterocycles. The Morgan fingerprint density at radius 3 is 2.82 bits per heavy atom. The molecular formula is C18H26N2O2. The van der Waals surface area contributed by atoms with Gasteiger partial charge in [-0.05, 0) is 69.1 Å². The first-order chi connectivity index (χ1) is 10.6. The third kappa shape index (κ3) is 2.92. The highest BCUT2D eigenvalue weighted by Gasteiger charge is 2.42. The average Bonchev–Trinajstić information content (AvgIpc) is 3.12. The molecule has 0 radical (unpaired) electrons. The molecule has 0 saturated heterocycles. The van der Waals surface area contributed by atoms with Crippen LogP contribution in [0.2, 0.25) is 0 Å². The number of ether oxygens (including phenoxy) is 1. The van der Waals surface area contributed by atoms with Gasteiger partial charge in [0.25, 0.3) is 5.91 Å². The molecule has 3 rings (SSSR count). The van der Waals surface area contributed by atoms with E-state index in [0.717, 1.165) is 11.8 Å². The molecule has 0 heterocycles. The van der Waals surface area contributed by atoms with E-state index in [9.17, 15) is 4.79 Å². The van der Waals surface area contributed by atoms with E-state index in [4.69, 9.17) is 10.5 Å². The molecule has 0 spiro atoms. The zero-order chi connectivity index (χ0) is 15.7. The zero-order valence-electron chi connectivity index (χ0n) is 13.5. The Labute approximate surface area is 132 Å². The lowest BCUT2D eigenvalue weighted by atomic mass is 9.84. The first kappa shape index (κ1) is 15.2. The maximum atomic E-state index is 12.4. The summed E-state index contributed by atoms with van der Waals surface area (Å²) in [6.07, 6.45) is 5.36. The topological polar surface area (TPSA) is 64.3 Å². The van der Waals surface area contributed by atoms with Gasteiger partial charge in [0.1, 0.15) is 5.75 Å². The van der Waals surface area contributed by atoms with Crippen molar-refractivity contribution in [2.24, 2.45) is 17.8 Å². The molecule has 4 nitrogen and oxygen atoms in total. The van der Waals surface area contributed by atoms with E-state index in [1.165, 1.54) is 25.7 Å². The van der Waals surface area contributed by atoms with Crippen LogP contribution in [-0.2, 0) is 0 Å². The summed E-state index contributed by atoms with van der Waals surface area (Å²) in [5.74, 6) is 2.95. The summed E-state index contributed by atoms with van der Waals surface area (Å²) in [5.41, 5.74) is 7.07. The van der Waals surface area contributed by atoms with Crippen molar-refractivity contribution in [3.8, 4) is 5.75 Å². The number of carbonyl (C=O) groups is 1. The van der Waals surface area contributed by atoms with Gasteiger partial charge >= 0.3 is 0 Å². The molecule has 3 N–H and O–H groups in total. The molecule has 0 aliphatic heterocycles. The second-order valence-electron chi connectivity index (χ2n) is 6.79. The van der Waals surface area contributed by atoms with Gasteiger partial charge in [0.2, 0.25) is 0 Å². The van der Waals surface area contributed by atoms with Crippen LogP contribution in [0.15, 0.2) is 18.2 Å². The fourth-order valence-electron chi connectivity index (χ4n) is 4.28. The van der Waals surface area contributed by atoms with Crippen LogP contribution in [0, 0.1) is 17.8 Å². The molecule has 2 bridgehead atoms. The molecule has 2 saturated carbocycles. The van der Waals surface area contributed by atoms with Crippen molar-refractivity contribution < 1.29 is 9.53 Å². The predicted molar refractivity (Wildman–Crippen MR) is 87.9 cm³/mol. The number of amides is 1. The molecular weight excluding hydrogens is 276 g/mol. The van der Waals surface area contributed by atoms with Crippen molar-refractivity contribution in [1.29, 1.82) is 0 Å². The summed E-state index contributed by atoms with van der Waals surface area (Å²) in [4.78, 5) is 12.4. The van der Waals surface area contributed by atoms with Crippen LogP contribution in [0.5, 0.6) is 5.75 Å². The van der Waals surface area contributed by atoms with Crippen LogP contribution in [0.3, 0.4) is 0 Å². The molecule has 1 aromatic rings. The molecule has 1 amide bonds. The molecule has 2 aliphatic carbocycles. The van der Waals surface area contributed by atoms with Crippen LogP contribution >= 0.6 is 0 Å². The van der Waals surface area contributed by atoms with E-state index in [2.05, 4.69) is 12.2 Å². The second kappa shape index (κ2) is 6.19. The highest BCUT2D eigenvalue weighted by molar-refractivity contribution is 5.95. The van der Waals surface area contributed by atoms with Crippen molar-refractivity contribution in [3.05, 3.63) is 23.8 Å². The Morgan fingerprint density at radius 1 is 1.41 bits per heavy atom. The standard InChI is InChI=1S/C18H26N2O2/c1-3-22-17-7-6-14(10-16(17)19)18(21)20-11(2)15-9-12-4-5-13(15)8-12/h6-7,10-13,15H,3-5,8-9,19H2,1-2H3,(H,20,21). The SMILES string of the molecule is CCOc1ccc(C(=O)NC(C)C2CC3CCC2C3)cc1N. The van der Waals surface area contributed by atoms with Crippen molar-refractivity contribution in [2.75, 3.05) is 12.3 Å². The number of rotatable bonds is 5. The van der Waals surface area contributed by atoms with Crippen LogP contribution in [-0.4, -0.2) is 18.6 Å². The van der Waals surface area contributed by atoms with E-state index >= 15 is 0 Å². The maximum Gasteiger partial charge on any atom is 0.251 e. The summed E-state index contributed by atoms with van der Waals surface area (Å²) < 4.78 is 5.41. The maximum absolute atomic E-state index is 12.4. The molecule has 1 aromatic carbocycles. The summed E-state index contributed by atoms with van der Waals surface area (Å²) in [5, 5.41) is 3.17. The first-order valence-corrected chi connectivity index (χ1v) is 8.41. The minimum absolute atomic E-state index is 0.0370. The van der Waals surface area contributed by atoms with Crippen molar-refractivity contribution in [3.63, 3.8) is 0 Å². The molecule has 4 atom stereocenters. The minimum Gasteiger partial charge on any atom is -0.492 e. The van der Waals surface area contributed by atoms with Gasteiger partial charge in [-0.3, -0.25) is 4.79 Å².